The number of nitrogens with one attached hydrogen (secondary N) is 2. The number of rotatable bonds is 4. The molecule has 1 aliphatic rings. The highest BCUT2D eigenvalue weighted by Gasteiger charge is 2.26. The van der Waals surface area contributed by atoms with E-state index < -0.39 is 17.9 Å². The van der Waals surface area contributed by atoms with Crippen LogP contribution in [0.4, 0.5) is 0 Å². The van der Waals surface area contributed by atoms with Gasteiger partial charge < -0.3 is 15.7 Å². The van der Waals surface area contributed by atoms with Gasteiger partial charge in [0.05, 0.1) is 6.10 Å². The van der Waals surface area contributed by atoms with E-state index in [-0.39, 0.29) is 12.6 Å². The molecule has 0 radical (unpaired) electrons. The van der Waals surface area contributed by atoms with Gasteiger partial charge in [-0.25, -0.2) is 0 Å². The van der Waals surface area contributed by atoms with E-state index in [9.17, 15) is 14.7 Å². The lowest BCUT2D eigenvalue weighted by Crippen LogP contribution is -2.42. The Morgan fingerprint density at radius 3 is 2.47 bits per heavy atom. The lowest BCUT2D eigenvalue weighted by Gasteiger charge is -2.12. The van der Waals surface area contributed by atoms with Gasteiger partial charge in [0, 0.05) is 17.6 Å². The van der Waals surface area contributed by atoms with Gasteiger partial charge in [0.1, 0.15) is 0 Å². The van der Waals surface area contributed by atoms with Crippen LogP contribution in [0.3, 0.4) is 0 Å². The van der Waals surface area contributed by atoms with Crippen LogP contribution in [0.15, 0.2) is 24.3 Å². The molecule has 0 spiro atoms. The number of carbonyl (C=O) groups excluding carboxylic acids is 2. The second-order valence-corrected chi connectivity index (χ2v) is 4.96. The molecule has 2 amide bonds. The van der Waals surface area contributed by atoms with E-state index in [0.717, 1.165) is 12.8 Å². The zero-order valence-corrected chi connectivity index (χ0v) is 11.0. The molecule has 0 aliphatic heterocycles. The number of amides is 2. The third-order valence-electron chi connectivity index (χ3n) is 2.83. The number of aliphatic hydroxyl groups excluding tert-OH is 1. The summed E-state index contributed by atoms with van der Waals surface area (Å²) in [6.45, 7) is -0.0153. The minimum absolute atomic E-state index is 0.0153. The normalized spacial score (nSPS) is 15.7. The molecule has 1 atom stereocenters. The van der Waals surface area contributed by atoms with Crippen molar-refractivity contribution < 1.29 is 14.7 Å². The summed E-state index contributed by atoms with van der Waals surface area (Å²) in [6, 6.07) is 6.79. The van der Waals surface area contributed by atoms with Gasteiger partial charge in [-0.1, -0.05) is 23.7 Å². The van der Waals surface area contributed by atoms with Crippen LogP contribution in [-0.2, 0) is 9.59 Å². The first-order chi connectivity index (χ1) is 9.06. The first kappa shape index (κ1) is 13.8. The molecule has 1 unspecified atom stereocenters. The summed E-state index contributed by atoms with van der Waals surface area (Å²) in [6.07, 6.45) is 0.980. The van der Waals surface area contributed by atoms with E-state index in [1.807, 2.05) is 0 Å². The molecule has 5 nitrogen and oxygen atoms in total. The van der Waals surface area contributed by atoms with Gasteiger partial charge in [0.2, 0.25) is 0 Å². The molecule has 0 heterocycles. The Labute approximate surface area is 116 Å². The van der Waals surface area contributed by atoms with E-state index in [4.69, 9.17) is 11.6 Å². The summed E-state index contributed by atoms with van der Waals surface area (Å²) < 4.78 is 0. The van der Waals surface area contributed by atoms with Crippen LogP contribution in [0.25, 0.3) is 0 Å². The quantitative estimate of drug-likeness (QED) is 0.714. The lowest BCUT2D eigenvalue weighted by atomic mass is 10.1. The topological polar surface area (TPSA) is 78.4 Å². The fourth-order valence-corrected chi connectivity index (χ4v) is 1.68. The van der Waals surface area contributed by atoms with Crippen molar-refractivity contribution >= 4 is 23.4 Å². The first-order valence-corrected chi connectivity index (χ1v) is 6.46. The number of carbonyl (C=O) groups is 2. The van der Waals surface area contributed by atoms with E-state index in [1.54, 1.807) is 24.3 Å². The molecule has 0 aromatic heterocycles. The average Bonchev–Trinajstić information content (AvgIpc) is 3.20. The highest BCUT2D eigenvalue weighted by Crippen LogP contribution is 2.18. The van der Waals surface area contributed by atoms with Gasteiger partial charge in [0.25, 0.3) is 0 Å². The van der Waals surface area contributed by atoms with Crippen molar-refractivity contribution in [1.29, 1.82) is 0 Å². The lowest BCUT2D eigenvalue weighted by molar-refractivity contribution is -0.139. The summed E-state index contributed by atoms with van der Waals surface area (Å²) in [5, 5.41) is 15.4. The molecule has 1 fully saturated rings. The maximum absolute atomic E-state index is 11.4. The SMILES string of the molecule is O=C(NCC(O)c1ccc(Cl)cc1)C(=O)NC1CC1. The Balaban J connectivity index is 1.78. The van der Waals surface area contributed by atoms with Gasteiger partial charge in [0.15, 0.2) is 0 Å². The van der Waals surface area contributed by atoms with Crippen molar-refractivity contribution in [1.82, 2.24) is 10.6 Å². The molecule has 19 heavy (non-hydrogen) atoms. The number of benzene rings is 1. The highest BCUT2D eigenvalue weighted by atomic mass is 35.5. The number of hydrogen-bond donors (Lipinski definition) is 3. The third kappa shape index (κ3) is 4.22. The predicted octanol–water partition coefficient (Wildman–Crippen LogP) is 0.768. The van der Waals surface area contributed by atoms with Crippen molar-refractivity contribution in [3.63, 3.8) is 0 Å². The molecule has 102 valence electrons. The van der Waals surface area contributed by atoms with Gasteiger partial charge in [-0.3, -0.25) is 9.59 Å². The minimum atomic E-state index is -0.866. The molecular formula is C13H15ClN2O3. The Bertz CT molecular complexity index is 471. The number of halogens is 1. The summed E-state index contributed by atoms with van der Waals surface area (Å²) in [5.74, 6) is -1.37. The van der Waals surface area contributed by atoms with Crippen molar-refractivity contribution in [3.05, 3.63) is 34.9 Å². The van der Waals surface area contributed by atoms with Gasteiger partial charge in [-0.2, -0.15) is 0 Å². The summed E-state index contributed by atoms with van der Waals surface area (Å²) >= 11 is 5.74. The molecule has 2 rings (SSSR count). The monoisotopic (exact) mass is 282 g/mol. The smallest absolute Gasteiger partial charge is 0.309 e. The maximum Gasteiger partial charge on any atom is 0.309 e. The van der Waals surface area contributed by atoms with E-state index >= 15 is 0 Å². The average molecular weight is 283 g/mol. The zero-order valence-electron chi connectivity index (χ0n) is 10.2. The van der Waals surface area contributed by atoms with Crippen LogP contribution in [-0.4, -0.2) is 29.5 Å². The Morgan fingerprint density at radius 1 is 1.26 bits per heavy atom. The Hall–Kier alpha value is -1.59. The van der Waals surface area contributed by atoms with Crippen molar-refractivity contribution in [2.45, 2.75) is 25.0 Å². The van der Waals surface area contributed by atoms with Gasteiger partial charge >= 0.3 is 11.8 Å². The molecule has 1 saturated carbocycles. The van der Waals surface area contributed by atoms with Crippen LogP contribution >= 0.6 is 11.6 Å². The van der Waals surface area contributed by atoms with Crippen LogP contribution in [0.1, 0.15) is 24.5 Å². The van der Waals surface area contributed by atoms with Crippen LogP contribution in [0.2, 0.25) is 5.02 Å². The first-order valence-electron chi connectivity index (χ1n) is 6.08. The van der Waals surface area contributed by atoms with E-state index in [2.05, 4.69) is 10.6 Å². The highest BCUT2D eigenvalue weighted by molar-refractivity contribution is 6.35. The largest absolute Gasteiger partial charge is 0.387 e. The summed E-state index contributed by atoms with van der Waals surface area (Å²) in [5.41, 5.74) is 0.632. The van der Waals surface area contributed by atoms with Gasteiger partial charge in [-0.15, -0.1) is 0 Å². The molecule has 0 saturated heterocycles. The van der Waals surface area contributed by atoms with Gasteiger partial charge in [-0.05, 0) is 30.5 Å². The molecule has 1 aromatic rings. The van der Waals surface area contributed by atoms with Crippen LogP contribution < -0.4 is 10.6 Å². The maximum atomic E-state index is 11.4. The minimum Gasteiger partial charge on any atom is -0.387 e. The Morgan fingerprint density at radius 2 is 1.89 bits per heavy atom. The number of hydrogen-bond acceptors (Lipinski definition) is 3. The zero-order chi connectivity index (χ0) is 13.8. The van der Waals surface area contributed by atoms with E-state index in [1.165, 1.54) is 0 Å². The van der Waals surface area contributed by atoms with Crippen molar-refractivity contribution in [2.24, 2.45) is 0 Å². The molecule has 3 N–H and O–H groups in total. The number of aliphatic hydroxyl groups is 1. The molecule has 1 aliphatic carbocycles. The standard InChI is InChI=1S/C13H15ClN2O3/c14-9-3-1-8(2-4-9)11(17)7-15-12(18)13(19)16-10-5-6-10/h1-4,10-11,17H,5-7H2,(H,15,18)(H,16,19). The fraction of sp³-hybridized carbons (Fsp3) is 0.385. The summed E-state index contributed by atoms with van der Waals surface area (Å²) in [4.78, 5) is 22.8. The molecule has 1 aromatic carbocycles. The second kappa shape index (κ2) is 6.04. The third-order valence-corrected chi connectivity index (χ3v) is 3.08. The fourth-order valence-electron chi connectivity index (χ4n) is 1.55. The van der Waals surface area contributed by atoms with Crippen molar-refractivity contribution in [2.75, 3.05) is 6.54 Å². The van der Waals surface area contributed by atoms with Crippen LogP contribution in [0.5, 0.6) is 0 Å². The second-order valence-electron chi connectivity index (χ2n) is 4.53. The van der Waals surface area contributed by atoms with Crippen LogP contribution in [0, 0.1) is 0 Å². The predicted molar refractivity (Wildman–Crippen MR) is 70.6 cm³/mol. The molecular weight excluding hydrogens is 268 g/mol. The van der Waals surface area contributed by atoms with Crippen molar-refractivity contribution in [3.8, 4) is 0 Å². The summed E-state index contributed by atoms with van der Waals surface area (Å²) in [7, 11) is 0. The molecule has 0 bridgehead atoms. The Kier molecular flexibility index (Phi) is 4.39. The molecule has 6 heteroatoms. The van der Waals surface area contributed by atoms with E-state index in [0.29, 0.717) is 10.6 Å².